The number of anilines is 2. The molecule has 1 saturated heterocycles. The number of hydrogen-bond donors (Lipinski definition) is 1. The number of pyridine rings is 1. The fourth-order valence-electron chi connectivity index (χ4n) is 4.96. The lowest BCUT2D eigenvalue weighted by Gasteiger charge is -2.28. The van der Waals surface area contributed by atoms with Crippen LogP contribution in [0.3, 0.4) is 0 Å². The van der Waals surface area contributed by atoms with Crippen molar-refractivity contribution in [1.82, 2.24) is 9.88 Å². The van der Waals surface area contributed by atoms with E-state index in [1.807, 2.05) is 36.4 Å². The van der Waals surface area contributed by atoms with Crippen LogP contribution in [0.5, 0.6) is 23.0 Å². The molecule has 1 fully saturated rings. The van der Waals surface area contributed by atoms with E-state index >= 15 is 0 Å². The number of rotatable bonds is 12. The number of aliphatic hydroxyl groups excluding tert-OH is 1. The van der Waals surface area contributed by atoms with Gasteiger partial charge in [0.1, 0.15) is 24.2 Å². The molecule has 8 nitrogen and oxygen atoms in total. The number of β-amino-alcohol motifs (C(OH)–C–C–N with tert-alkyl or cyclic N) is 1. The second-order valence-electron chi connectivity index (χ2n) is 10.6. The molecular formula is C33H39N3O5. The van der Waals surface area contributed by atoms with Crippen molar-refractivity contribution >= 4 is 22.3 Å². The Morgan fingerprint density at radius 1 is 0.927 bits per heavy atom. The molecule has 8 heteroatoms. The van der Waals surface area contributed by atoms with E-state index in [1.54, 1.807) is 13.3 Å². The standard InChI is InChI=1S/C33H39N3O5/c1-24(2)21-36(25-7-5-4-6-8-25)26-9-11-28(12-10-26)41-31-13-14-34-30-20-33(32(38-3)19-29(30)31)40-23-27(37)22-35-15-17-39-18-16-35/h4-14,19-20,24,27,37H,15-18,21-23H2,1-3H3. The maximum absolute atomic E-state index is 10.5. The molecule has 4 aromatic rings. The minimum Gasteiger partial charge on any atom is -0.493 e. The van der Waals surface area contributed by atoms with Crippen LogP contribution < -0.4 is 19.1 Å². The molecule has 1 aromatic heterocycles. The number of fused-ring (bicyclic) bond motifs is 1. The maximum atomic E-state index is 10.5. The molecule has 0 amide bonds. The number of ether oxygens (including phenoxy) is 4. The van der Waals surface area contributed by atoms with E-state index in [0.29, 0.717) is 48.4 Å². The zero-order valence-electron chi connectivity index (χ0n) is 24.0. The summed E-state index contributed by atoms with van der Waals surface area (Å²) in [5.41, 5.74) is 2.98. The first-order valence-electron chi connectivity index (χ1n) is 14.2. The Bertz CT molecular complexity index is 1390. The van der Waals surface area contributed by atoms with Crippen LogP contribution >= 0.6 is 0 Å². The van der Waals surface area contributed by atoms with Crippen LogP contribution in [0.25, 0.3) is 10.9 Å². The summed E-state index contributed by atoms with van der Waals surface area (Å²) in [6, 6.07) is 24.1. The minimum absolute atomic E-state index is 0.151. The average Bonchev–Trinajstić information content (AvgIpc) is 3.00. The lowest BCUT2D eigenvalue weighted by molar-refractivity contribution is 0.00446. The highest BCUT2D eigenvalue weighted by Crippen LogP contribution is 2.38. The fraction of sp³-hybridized carbons (Fsp3) is 0.364. The normalized spacial score (nSPS) is 14.7. The van der Waals surface area contributed by atoms with Gasteiger partial charge in [-0.15, -0.1) is 0 Å². The van der Waals surface area contributed by atoms with E-state index in [0.717, 1.165) is 42.1 Å². The van der Waals surface area contributed by atoms with Crippen molar-refractivity contribution in [3.05, 3.63) is 79.0 Å². The molecule has 5 rings (SSSR count). The quantitative estimate of drug-likeness (QED) is 0.231. The summed E-state index contributed by atoms with van der Waals surface area (Å²) in [7, 11) is 1.60. The summed E-state index contributed by atoms with van der Waals surface area (Å²) < 4.78 is 23.3. The van der Waals surface area contributed by atoms with Gasteiger partial charge in [0.05, 0.1) is 25.8 Å². The summed E-state index contributed by atoms with van der Waals surface area (Å²) in [6.45, 7) is 9.05. The topological polar surface area (TPSA) is 76.5 Å². The first-order valence-corrected chi connectivity index (χ1v) is 14.2. The van der Waals surface area contributed by atoms with Crippen molar-refractivity contribution < 1.29 is 24.1 Å². The molecule has 1 aliphatic heterocycles. The first kappa shape index (κ1) is 28.7. The highest BCUT2D eigenvalue weighted by atomic mass is 16.5. The largest absolute Gasteiger partial charge is 0.493 e. The van der Waals surface area contributed by atoms with Gasteiger partial charge in [-0.25, -0.2) is 0 Å². The molecule has 1 N–H and O–H groups in total. The minimum atomic E-state index is -0.627. The lowest BCUT2D eigenvalue weighted by Crippen LogP contribution is -2.42. The summed E-state index contributed by atoms with van der Waals surface area (Å²) in [4.78, 5) is 9.03. The van der Waals surface area contributed by atoms with E-state index in [4.69, 9.17) is 18.9 Å². The predicted octanol–water partition coefficient (Wildman–Crippen LogP) is 5.90. The van der Waals surface area contributed by atoms with Gasteiger partial charge >= 0.3 is 0 Å². The molecule has 0 spiro atoms. The van der Waals surface area contributed by atoms with Gasteiger partial charge in [0.2, 0.25) is 0 Å². The average molecular weight is 558 g/mol. The number of morpholine rings is 1. The highest BCUT2D eigenvalue weighted by molar-refractivity contribution is 5.88. The molecular weight excluding hydrogens is 518 g/mol. The number of methoxy groups -OCH3 is 1. The van der Waals surface area contributed by atoms with E-state index in [9.17, 15) is 5.11 Å². The monoisotopic (exact) mass is 557 g/mol. The molecule has 216 valence electrons. The second kappa shape index (κ2) is 13.7. The van der Waals surface area contributed by atoms with Crippen LogP contribution in [-0.2, 0) is 4.74 Å². The Kier molecular flexibility index (Phi) is 9.56. The summed E-state index contributed by atoms with van der Waals surface area (Å²) in [5, 5.41) is 11.3. The predicted molar refractivity (Wildman–Crippen MR) is 162 cm³/mol. The molecule has 1 unspecified atom stereocenters. The van der Waals surface area contributed by atoms with Gasteiger partial charge < -0.3 is 29.0 Å². The third kappa shape index (κ3) is 7.47. The molecule has 0 radical (unpaired) electrons. The van der Waals surface area contributed by atoms with Gasteiger partial charge in [0.15, 0.2) is 11.5 Å². The zero-order valence-corrected chi connectivity index (χ0v) is 24.0. The van der Waals surface area contributed by atoms with Gasteiger partial charge in [-0.3, -0.25) is 9.88 Å². The van der Waals surface area contributed by atoms with Crippen molar-refractivity contribution in [2.45, 2.75) is 20.0 Å². The van der Waals surface area contributed by atoms with Crippen molar-refractivity contribution in [2.24, 2.45) is 5.92 Å². The summed E-state index contributed by atoms with van der Waals surface area (Å²) >= 11 is 0. The number of para-hydroxylation sites is 1. The van der Waals surface area contributed by atoms with Crippen LogP contribution in [0.1, 0.15) is 13.8 Å². The van der Waals surface area contributed by atoms with Crippen LogP contribution in [0.4, 0.5) is 11.4 Å². The van der Waals surface area contributed by atoms with Crippen LogP contribution in [-0.4, -0.2) is 74.2 Å². The molecule has 0 aliphatic carbocycles. The van der Waals surface area contributed by atoms with Crippen molar-refractivity contribution in [2.75, 3.05) is 58.0 Å². The van der Waals surface area contributed by atoms with Crippen molar-refractivity contribution in [3.63, 3.8) is 0 Å². The number of aliphatic hydroxyl groups is 1. The molecule has 1 aliphatic rings. The zero-order chi connectivity index (χ0) is 28.6. The van der Waals surface area contributed by atoms with Gasteiger partial charge in [0.25, 0.3) is 0 Å². The van der Waals surface area contributed by atoms with Gasteiger partial charge in [-0.1, -0.05) is 32.0 Å². The van der Waals surface area contributed by atoms with Gasteiger partial charge in [-0.05, 0) is 54.4 Å². The number of aromatic nitrogens is 1. The Hall–Kier alpha value is -3.85. The third-order valence-electron chi connectivity index (χ3n) is 6.98. The summed E-state index contributed by atoms with van der Waals surface area (Å²) in [6.07, 6.45) is 1.09. The van der Waals surface area contributed by atoms with E-state index in [2.05, 4.69) is 65.0 Å². The fourth-order valence-corrected chi connectivity index (χ4v) is 4.96. The lowest BCUT2D eigenvalue weighted by atomic mass is 10.1. The van der Waals surface area contributed by atoms with Crippen LogP contribution in [0.2, 0.25) is 0 Å². The van der Waals surface area contributed by atoms with Crippen molar-refractivity contribution in [1.29, 1.82) is 0 Å². The molecule has 3 aromatic carbocycles. The molecule has 0 saturated carbocycles. The number of nitrogens with zero attached hydrogens (tertiary/aromatic N) is 3. The maximum Gasteiger partial charge on any atom is 0.163 e. The van der Waals surface area contributed by atoms with Crippen LogP contribution in [0, 0.1) is 5.92 Å². The highest BCUT2D eigenvalue weighted by Gasteiger charge is 2.18. The first-order chi connectivity index (χ1) is 20.0. The van der Waals surface area contributed by atoms with E-state index in [1.165, 1.54) is 0 Å². The van der Waals surface area contributed by atoms with Crippen LogP contribution in [0.15, 0.2) is 79.0 Å². The Labute approximate surface area is 242 Å². The molecule has 2 heterocycles. The van der Waals surface area contributed by atoms with E-state index in [-0.39, 0.29) is 6.61 Å². The van der Waals surface area contributed by atoms with Gasteiger partial charge in [-0.2, -0.15) is 0 Å². The summed E-state index contributed by atoms with van der Waals surface area (Å²) in [5.74, 6) is 2.98. The van der Waals surface area contributed by atoms with E-state index < -0.39 is 6.10 Å². The number of hydrogen-bond acceptors (Lipinski definition) is 8. The molecule has 41 heavy (non-hydrogen) atoms. The third-order valence-corrected chi connectivity index (χ3v) is 6.98. The Morgan fingerprint density at radius 3 is 2.37 bits per heavy atom. The molecule has 0 bridgehead atoms. The van der Waals surface area contributed by atoms with Gasteiger partial charge in [0, 0.05) is 55.2 Å². The molecule has 1 atom stereocenters. The Balaban J connectivity index is 1.31. The Morgan fingerprint density at radius 2 is 1.66 bits per heavy atom. The second-order valence-corrected chi connectivity index (χ2v) is 10.6. The smallest absolute Gasteiger partial charge is 0.163 e. The number of benzene rings is 3. The SMILES string of the molecule is COc1cc2c(Oc3ccc(N(CC(C)C)c4ccccc4)cc3)ccnc2cc1OCC(O)CN1CCOCC1. The van der Waals surface area contributed by atoms with Crippen molar-refractivity contribution in [3.8, 4) is 23.0 Å².